The molecule has 0 N–H and O–H groups in total. The zero-order chi connectivity index (χ0) is 15.5. The largest absolute Gasteiger partial charge is 0.461 e. The first-order valence-electron chi connectivity index (χ1n) is 7.16. The van der Waals surface area contributed by atoms with Gasteiger partial charge in [-0.3, -0.25) is 4.79 Å². The highest BCUT2D eigenvalue weighted by Crippen LogP contribution is 2.35. The number of ether oxygens (including phenoxy) is 1. The summed E-state index contributed by atoms with van der Waals surface area (Å²) >= 11 is 2.93. The molecule has 3 heterocycles. The third-order valence-corrected chi connectivity index (χ3v) is 5.20. The summed E-state index contributed by atoms with van der Waals surface area (Å²) in [5, 5.41) is 6.28. The number of thiophene rings is 1. The molecule has 1 aliphatic heterocycles. The Morgan fingerprint density at radius 2 is 2.32 bits per heavy atom. The second-order valence-electron chi connectivity index (χ2n) is 4.96. The van der Waals surface area contributed by atoms with Gasteiger partial charge < -0.3 is 9.64 Å². The first-order valence-corrected chi connectivity index (χ1v) is 8.98. The summed E-state index contributed by atoms with van der Waals surface area (Å²) in [5.74, 6) is -0.365. The number of likely N-dealkylation sites (tertiary alicyclic amines) is 1. The number of hydrogen-bond acceptors (Lipinski definition) is 6. The molecular weight excluding hydrogens is 320 g/mol. The second kappa shape index (κ2) is 6.58. The van der Waals surface area contributed by atoms with Crippen LogP contribution in [0.25, 0.3) is 0 Å². The highest BCUT2D eigenvalue weighted by Gasteiger charge is 2.33. The Morgan fingerprint density at radius 3 is 3.05 bits per heavy atom. The molecule has 0 bridgehead atoms. The number of thiazole rings is 1. The summed E-state index contributed by atoms with van der Waals surface area (Å²) < 4.78 is 4.96. The van der Waals surface area contributed by atoms with Gasteiger partial charge in [-0.15, -0.1) is 11.3 Å². The van der Waals surface area contributed by atoms with Crippen LogP contribution in [0.5, 0.6) is 0 Å². The van der Waals surface area contributed by atoms with E-state index in [1.807, 2.05) is 21.7 Å². The van der Waals surface area contributed by atoms with E-state index in [2.05, 4.69) is 4.98 Å². The molecule has 1 saturated heterocycles. The van der Waals surface area contributed by atoms with E-state index in [9.17, 15) is 9.59 Å². The van der Waals surface area contributed by atoms with Gasteiger partial charge in [0.25, 0.3) is 5.91 Å². The van der Waals surface area contributed by atoms with Gasteiger partial charge in [0.05, 0.1) is 18.2 Å². The number of esters is 1. The fraction of sp³-hybridized carbons (Fsp3) is 0.400. The zero-order valence-corrected chi connectivity index (χ0v) is 13.8. The van der Waals surface area contributed by atoms with Crippen LogP contribution in [0.4, 0.5) is 0 Å². The predicted molar refractivity (Wildman–Crippen MR) is 85.4 cm³/mol. The lowest BCUT2D eigenvalue weighted by molar-refractivity contribution is 0.0520. The fourth-order valence-corrected chi connectivity index (χ4v) is 4.12. The zero-order valence-electron chi connectivity index (χ0n) is 12.2. The van der Waals surface area contributed by atoms with Gasteiger partial charge >= 0.3 is 5.97 Å². The molecule has 1 amide bonds. The van der Waals surface area contributed by atoms with Crippen LogP contribution in [0.3, 0.4) is 0 Å². The number of nitrogens with zero attached hydrogens (tertiary/aromatic N) is 2. The third-order valence-electron chi connectivity index (χ3n) is 3.57. The fourth-order valence-electron chi connectivity index (χ4n) is 2.56. The van der Waals surface area contributed by atoms with Gasteiger partial charge in [0.1, 0.15) is 5.01 Å². The maximum atomic E-state index is 12.6. The van der Waals surface area contributed by atoms with Crippen molar-refractivity contribution in [3.05, 3.63) is 38.5 Å². The Kier molecular flexibility index (Phi) is 4.54. The first kappa shape index (κ1) is 15.2. The molecule has 0 aliphatic carbocycles. The molecule has 0 spiro atoms. The average molecular weight is 336 g/mol. The molecule has 0 radical (unpaired) electrons. The van der Waals surface area contributed by atoms with Crippen molar-refractivity contribution in [1.29, 1.82) is 0 Å². The molecule has 116 valence electrons. The highest BCUT2D eigenvalue weighted by molar-refractivity contribution is 7.10. The minimum atomic E-state index is -0.404. The first-order chi connectivity index (χ1) is 10.7. The van der Waals surface area contributed by atoms with E-state index in [4.69, 9.17) is 4.74 Å². The Labute approximate surface area is 136 Å². The van der Waals surface area contributed by atoms with Crippen molar-refractivity contribution in [2.45, 2.75) is 25.8 Å². The monoisotopic (exact) mass is 336 g/mol. The molecule has 7 heteroatoms. The van der Waals surface area contributed by atoms with E-state index in [1.54, 1.807) is 12.3 Å². The second-order valence-corrected chi connectivity index (χ2v) is 6.63. The van der Waals surface area contributed by atoms with Gasteiger partial charge in [0.2, 0.25) is 0 Å². The summed E-state index contributed by atoms with van der Waals surface area (Å²) in [6.45, 7) is 2.83. The quantitative estimate of drug-likeness (QED) is 0.803. The van der Waals surface area contributed by atoms with Crippen molar-refractivity contribution in [2.75, 3.05) is 13.2 Å². The maximum Gasteiger partial charge on any atom is 0.357 e. The van der Waals surface area contributed by atoms with E-state index in [0.29, 0.717) is 12.3 Å². The van der Waals surface area contributed by atoms with Gasteiger partial charge in [-0.05, 0) is 31.2 Å². The van der Waals surface area contributed by atoms with E-state index in [-0.39, 0.29) is 11.9 Å². The van der Waals surface area contributed by atoms with Crippen molar-refractivity contribution in [2.24, 2.45) is 0 Å². The average Bonchev–Trinajstić information content (AvgIpc) is 3.25. The molecular formula is C15H16N2O3S2. The standard InChI is InChI=1S/C15H16N2O3S2/c1-2-20-15(19)11-9-22-13(16-11)12-4-3-6-17(12)14(18)10-5-7-21-8-10/h5,7-9,12H,2-4,6H2,1H3/t12-/m1/s1. The molecule has 2 aromatic heterocycles. The Hall–Kier alpha value is -1.73. The normalized spacial score (nSPS) is 17.7. The summed E-state index contributed by atoms with van der Waals surface area (Å²) in [5.41, 5.74) is 1.05. The number of carbonyl (C=O) groups is 2. The molecule has 0 unspecified atom stereocenters. The SMILES string of the molecule is CCOC(=O)c1csc([C@H]2CCCN2C(=O)c2ccsc2)n1. The molecule has 1 fully saturated rings. The number of rotatable bonds is 4. The van der Waals surface area contributed by atoms with Crippen molar-refractivity contribution < 1.29 is 14.3 Å². The summed E-state index contributed by atoms with van der Waals surface area (Å²) in [4.78, 5) is 30.5. The van der Waals surface area contributed by atoms with Crippen LogP contribution < -0.4 is 0 Å². The topological polar surface area (TPSA) is 59.5 Å². The van der Waals surface area contributed by atoms with Gasteiger partial charge in [0.15, 0.2) is 5.69 Å². The van der Waals surface area contributed by atoms with Crippen LogP contribution in [0.2, 0.25) is 0 Å². The Morgan fingerprint density at radius 1 is 1.45 bits per heavy atom. The van der Waals surface area contributed by atoms with Gasteiger partial charge in [-0.25, -0.2) is 9.78 Å². The molecule has 0 saturated carbocycles. The lowest BCUT2D eigenvalue weighted by Gasteiger charge is -2.22. The number of amides is 1. The van der Waals surface area contributed by atoms with Crippen LogP contribution in [-0.2, 0) is 4.74 Å². The smallest absolute Gasteiger partial charge is 0.357 e. The molecule has 2 aromatic rings. The van der Waals surface area contributed by atoms with Gasteiger partial charge in [0, 0.05) is 17.3 Å². The van der Waals surface area contributed by atoms with E-state index < -0.39 is 5.97 Å². The van der Waals surface area contributed by atoms with E-state index >= 15 is 0 Å². The lowest BCUT2D eigenvalue weighted by atomic mass is 10.2. The molecule has 1 aliphatic rings. The molecule has 5 nitrogen and oxygen atoms in total. The van der Waals surface area contributed by atoms with Crippen LogP contribution >= 0.6 is 22.7 Å². The van der Waals surface area contributed by atoms with Crippen LogP contribution in [0.15, 0.2) is 22.2 Å². The van der Waals surface area contributed by atoms with Crippen LogP contribution in [0, 0.1) is 0 Å². The Bertz CT molecular complexity index is 666. The van der Waals surface area contributed by atoms with E-state index in [0.717, 1.165) is 30.0 Å². The van der Waals surface area contributed by atoms with Gasteiger partial charge in [-0.1, -0.05) is 0 Å². The lowest BCUT2D eigenvalue weighted by Crippen LogP contribution is -2.30. The minimum absolute atomic E-state index is 0.0386. The molecule has 3 rings (SSSR count). The van der Waals surface area contributed by atoms with Crippen molar-refractivity contribution in [3.63, 3.8) is 0 Å². The minimum Gasteiger partial charge on any atom is -0.461 e. The summed E-state index contributed by atoms with van der Waals surface area (Å²) in [7, 11) is 0. The third kappa shape index (κ3) is 2.91. The maximum absolute atomic E-state index is 12.6. The van der Waals surface area contributed by atoms with Crippen molar-refractivity contribution >= 4 is 34.6 Å². The molecule has 1 atom stereocenters. The van der Waals surface area contributed by atoms with Crippen LogP contribution in [0.1, 0.15) is 51.7 Å². The molecule has 22 heavy (non-hydrogen) atoms. The number of carbonyl (C=O) groups excluding carboxylic acids is 2. The summed E-state index contributed by atoms with van der Waals surface area (Å²) in [6.07, 6.45) is 1.83. The van der Waals surface area contributed by atoms with Crippen molar-refractivity contribution in [1.82, 2.24) is 9.88 Å². The highest BCUT2D eigenvalue weighted by atomic mass is 32.1. The van der Waals surface area contributed by atoms with Crippen molar-refractivity contribution in [3.8, 4) is 0 Å². The predicted octanol–water partition coefficient (Wildman–Crippen LogP) is 3.36. The summed E-state index contributed by atoms with van der Waals surface area (Å²) in [6, 6.07) is 1.80. The van der Waals surface area contributed by atoms with Crippen LogP contribution in [-0.4, -0.2) is 34.9 Å². The van der Waals surface area contributed by atoms with Gasteiger partial charge in [-0.2, -0.15) is 11.3 Å². The van der Waals surface area contributed by atoms with E-state index in [1.165, 1.54) is 22.7 Å². The Balaban J connectivity index is 1.79. The number of hydrogen-bond donors (Lipinski definition) is 0. The number of aromatic nitrogens is 1. The molecule has 0 aromatic carbocycles.